The van der Waals surface area contributed by atoms with Gasteiger partial charge in [0.05, 0.1) is 28.9 Å². The molecule has 0 saturated carbocycles. The lowest BCUT2D eigenvalue weighted by molar-refractivity contribution is -0.357. The number of carbonyl (C=O) groups excluding carboxylic acids is 5. The molecule has 10 atom stereocenters. The molecule has 33 heteroatoms. The van der Waals surface area contributed by atoms with Crippen LogP contribution in [-0.2, 0) is 33.2 Å². The molecule has 0 aliphatic carbocycles. The van der Waals surface area contributed by atoms with Crippen molar-refractivity contribution in [3.8, 4) is 103 Å². The molecule has 0 bridgehead atoms. The van der Waals surface area contributed by atoms with Gasteiger partial charge in [0.2, 0.25) is 28.8 Å². The van der Waals surface area contributed by atoms with Gasteiger partial charge in [-0.15, -0.1) is 0 Å². The molecule has 8 rings (SSSR count). The van der Waals surface area contributed by atoms with Crippen molar-refractivity contribution in [2.45, 2.75) is 60.9 Å². The molecule has 0 spiro atoms. The first-order chi connectivity index (χ1) is 38.0. The van der Waals surface area contributed by atoms with Crippen molar-refractivity contribution >= 4 is 29.8 Å². The van der Waals surface area contributed by atoms with Crippen molar-refractivity contribution in [3.63, 3.8) is 0 Å². The molecule has 2 fully saturated rings. The highest BCUT2D eigenvalue weighted by atomic mass is 16.7. The van der Waals surface area contributed by atoms with E-state index in [4.69, 9.17) is 37.9 Å². The summed E-state index contributed by atoms with van der Waals surface area (Å²) in [5, 5.41) is 211. The summed E-state index contributed by atoms with van der Waals surface area (Å²) in [6.45, 7) is -3.88. The average molecular weight is 1150 g/mol. The van der Waals surface area contributed by atoms with Crippen LogP contribution in [0.3, 0.4) is 0 Å². The van der Waals surface area contributed by atoms with Crippen molar-refractivity contribution in [2.75, 3.05) is 19.8 Å². The monoisotopic (exact) mass is 1150 g/mol. The Labute approximate surface area is 447 Å². The van der Waals surface area contributed by atoms with E-state index in [1.165, 1.54) is 0 Å². The summed E-state index contributed by atoms with van der Waals surface area (Å²) >= 11 is 0. The fourth-order valence-electron chi connectivity index (χ4n) is 8.44. The van der Waals surface area contributed by atoms with E-state index in [1.54, 1.807) is 0 Å². The van der Waals surface area contributed by atoms with Crippen LogP contribution < -0.4 is 4.74 Å². The molecule has 81 heavy (non-hydrogen) atoms. The van der Waals surface area contributed by atoms with Crippen LogP contribution in [-0.4, -0.2) is 213 Å². The number of aliphatic hydroxyl groups is 6. The zero-order valence-corrected chi connectivity index (χ0v) is 40.1. The first kappa shape index (κ1) is 57.3. The molecule has 20 N–H and O–H groups in total. The van der Waals surface area contributed by atoms with Gasteiger partial charge in [0.25, 0.3) is 0 Å². The number of aliphatic hydroxyl groups excluding tert-OH is 5. The topological polar surface area (TPSA) is 564 Å². The number of esters is 5. The summed E-state index contributed by atoms with van der Waals surface area (Å²) in [5.41, 5.74) is -7.69. The third-order valence-electron chi connectivity index (χ3n) is 12.6. The van der Waals surface area contributed by atoms with Gasteiger partial charge in [0, 0.05) is 23.3 Å². The fraction of sp³-hybridized carbons (Fsp3) is 0.271. The summed E-state index contributed by atoms with van der Waals surface area (Å²) in [6.07, 6.45) is -20.6. The largest absolute Gasteiger partial charge is 0.504 e. The van der Waals surface area contributed by atoms with E-state index in [-0.39, 0.29) is 0 Å². The van der Waals surface area contributed by atoms with Crippen LogP contribution >= 0.6 is 0 Å². The maximum absolute atomic E-state index is 14.6. The van der Waals surface area contributed by atoms with Crippen LogP contribution in [0.5, 0.6) is 92.0 Å². The lowest BCUT2D eigenvalue weighted by Crippen LogP contribution is -2.66. The van der Waals surface area contributed by atoms with Crippen molar-refractivity contribution in [2.24, 2.45) is 0 Å². The Morgan fingerprint density at radius 1 is 0.568 bits per heavy atom. The van der Waals surface area contributed by atoms with Gasteiger partial charge in [-0.2, -0.15) is 0 Å². The van der Waals surface area contributed by atoms with Crippen LogP contribution in [0.4, 0.5) is 0 Å². The van der Waals surface area contributed by atoms with Gasteiger partial charge in [-0.05, 0) is 30.3 Å². The number of hydrogen-bond donors (Lipinski definition) is 20. The maximum Gasteiger partial charge on any atom is 0.342 e. The Balaban J connectivity index is 1.22. The molecule has 2 saturated heterocycles. The van der Waals surface area contributed by atoms with E-state index >= 15 is 0 Å². The van der Waals surface area contributed by atoms with Crippen LogP contribution in [0.2, 0.25) is 0 Å². The van der Waals surface area contributed by atoms with Crippen LogP contribution in [0.1, 0.15) is 51.8 Å². The Kier molecular flexibility index (Phi) is 15.1. The Morgan fingerprint density at radius 3 is 1.62 bits per heavy atom. The van der Waals surface area contributed by atoms with Gasteiger partial charge in [0.15, 0.2) is 93.6 Å². The SMILES string of the molecule is O=C(O[C@@H]1[C@@H](OC(=O)c2cc(O)c(O)c(O)c2)[C@H](O)O[C@@H]2COC(=O)c3cc(Oc4c(C(=O)OC[C@@]5(O)O[C@H](CO)[C@@H](O)[C@@H](O)[C@@H]5O)cc(O)c(O)c4O)c(O)c(O)c3-c3c(cc(O)c(O)c3O)C(=O)O[C@@H]12)c1cc(O)c(O)c(O)c1. The molecular weight excluding hydrogens is 1100 g/mol. The molecule has 0 aromatic heterocycles. The molecule has 432 valence electrons. The summed E-state index contributed by atoms with van der Waals surface area (Å²) < 4.78 is 42.9. The van der Waals surface area contributed by atoms with E-state index in [2.05, 4.69) is 0 Å². The van der Waals surface area contributed by atoms with Gasteiger partial charge < -0.3 is 140 Å². The van der Waals surface area contributed by atoms with E-state index in [0.29, 0.717) is 42.5 Å². The van der Waals surface area contributed by atoms with E-state index < -0.39 is 242 Å². The molecule has 3 aliphatic rings. The highest BCUT2D eigenvalue weighted by molar-refractivity contribution is 6.08. The minimum absolute atomic E-state index is 0.328. The van der Waals surface area contributed by atoms with Crippen molar-refractivity contribution in [3.05, 3.63) is 70.3 Å². The van der Waals surface area contributed by atoms with Crippen LogP contribution in [0, 0.1) is 0 Å². The summed E-state index contributed by atoms with van der Waals surface area (Å²) in [6, 6.07) is 3.18. The molecule has 0 unspecified atom stereocenters. The number of benzene rings is 5. The number of rotatable bonds is 10. The van der Waals surface area contributed by atoms with Crippen molar-refractivity contribution < 1.29 is 164 Å². The molecule has 5 aromatic rings. The third-order valence-corrected chi connectivity index (χ3v) is 12.6. The molecule has 3 aliphatic heterocycles. The standard InChI is InChI=1S/C48H42O33/c49-8-23-32(61)36(65)41(66)48(73,81-23)10-75-45(70)15-6-21(55)30(59)35(64)37(15)76-22-7-14-26(34(63)31(22)60)25-13(5-20(54)29(58)33(25)62)46(71)78-38-24(9-74-44(14)69)77-47(72)40(80-43(68)12-3-18(52)28(57)19(53)4-12)39(38)79-42(67)11-1-16(50)27(56)17(51)2-11/h1-7,23-24,32,36,38-41,47,49-66,72-73H,8-10H2/t23-,24-,32-,36-,38-,39+,40-,41+,47-,48-/m1/s1. The maximum atomic E-state index is 14.6. The molecule has 33 nitrogen and oxygen atoms in total. The number of phenolic OH excluding ortho intramolecular Hbond substituents is 14. The van der Waals surface area contributed by atoms with Crippen molar-refractivity contribution in [1.29, 1.82) is 0 Å². The van der Waals surface area contributed by atoms with Gasteiger partial charge in [0.1, 0.15) is 49.3 Å². The number of fused-ring (bicyclic) bond motifs is 4. The lowest BCUT2D eigenvalue weighted by atomic mass is 9.91. The smallest absolute Gasteiger partial charge is 0.342 e. The van der Waals surface area contributed by atoms with E-state index in [9.17, 15) is 126 Å². The number of phenols is 14. The number of ether oxygens (including phenoxy) is 8. The highest BCUT2D eigenvalue weighted by Gasteiger charge is 2.55. The molecular formula is C48H42O33. The van der Waals surface area contributed by atoms with Gasteiger partial charge in [-0.25, -0.2) is 24.0 Å². The average Bonchev–Trinajstić information content (AvgIpc) is 3.67. The minimum Gasteiger partial charge on any atom is -0.504 e. The highest BCUT2D eigenvalue weighted by Crippen LogP contribution is 2.55. The second-order valence-electron chi connectivity index (χ2n) is 17.8. The quantitative estimate of drug-likeness (QED) is 0.0417. The minimum atomic E-state index is -3.10. The summed E-state index contributed by atoms with van der Waals surface area (Å²) in [5.74, 6) is -33.3. The lowest BCUT2D eigenvalue weighted by Gasteiger charge is -2.44. The number of hydrogen-bond acceptors (Lipinski definition) is 33. The molecule has 0 amide bonds. The number of cyclic esters (lactones) is 1. The number of carbonyl (C=O) groups is 5. The Morgan fingerprint density at radius 2 is 1.06 bits per heavy atom. The van der Waals surface area contributed by atoms with E-state index in [0.717, 1.165) is 0 Å². The Hall–Kier alpha value is -9.87. The second kappa shape index (κ2) is 21.4. The normalized spacial score (nSPS) is 24.4. The van der Waals surface area contributed by atoms with Gasteiger partial charge in [-0.1, -0.05) is 0 Å². The zero-order valence-electron chi connectivity index (χ0n) is 40.1. The molecule has 0 radical (unpaired) electrons. The number of aromatic hydroxyl groups is 14. The van der Waals surface area contributed by atoms with Crippen LogP contribution in [0.15, 0.2) is 42.5 Å². The second-order valence-corrected chi connectivity index (χ2v) is 17.8. The fourth-order valence-corrected chi connectivity index (χ4v) is 8.44. The van der Waals surface area contributed by atoms with Gasteiger partial charge in [-0.3, -0.25) is 0 Å². The first-order valence-corrected chi connectivity index (χ1v) is 22.7. The van der Waals surface area contributed by atoms with E-state index in [1.807, 2.05) is 0 Å². The predicted octanol–water partition coefficient (Wildman–Crippen LogP) is -1.79. The summed E-state index contributed by atoms with van der Waals surface area (Å²) in [7, 11) is 0. The first-order valence-electron chi connectivity index (χ1n) is 22.7. The third kappa shape index (κ3) is 10.3. The van der Waals surface area contributed by atoms with Crippen LogP contribution in [0.25, 0.3) is 11.1 Å². The molecule has 3 heterocycles. The van der Waals surface area contributed by atoms with Gasteiger partial charge >= 0.3 is 29.8 Å². The molecule has 5 aromatic carbocycles. The summed E-state index contributed by atoms with van der Waals surface area (Å²) in [4.78, 5) is 70.0. The van der Waals surface area contributed by atoms with Crippen molar-refractivity contribution in [1.82, 2.24) is 0 Å². The zero-order chi connectivity index (χ0) is 59.6. The predicted molar refractivity (Wildman–Crippen MR) is 249 cm³/mol. The Bertz CT molecular complexity index is 3360.